The van der Waals surface area contributed by atoms with Gasteiger partial charge in [0.05, 0.1) is 6.04 Å². The first kappa shape index (κ1) is 14.0. The monoisotopic (exact) mass is 242 g/mol. The van der Waals surface area contributed by atoms with Crippen LogP contribution in [0.1, 0.15) is 40.5 Å². The number of carboxylic acids is 1. The van der Waals surface area contributed by atoms with Crippen LogP contribution in [0, 0.1) is 11.3 Å². The number of carbonyl (C=O) groups excluding carboxylic acids is 1. The number of nitrogens with two attached hydrogens (primary N) is 1. The van der Waals surface area contributed by atoms with Crippen molar-refractivity contribution in [3.8, 4) is 0 Å². The Kier molecular flexibility index (Phi) is 3.52. The van der Waals surface area contributed by atoms with Crippen molar-refractivity contribution in [2.45, 2.75) is 52.1 Å². The molecule has 1 fully saturated rings. The van der Waals surface area contributed by atoms with E-state index in [0.29, 0.717) is 0 Å². The Morgan fingerprint density at radius 2 is 1.76 bits per heavy atom. The van der Waals surface area contributed by atoms with E-state index in [4.69, 9.17) is 5.73 Å². The van der Waals surface area contributed by atoms with Crippen LogP contribution in [0.2, 0.25) is 0 Å². The maximum absolute atomic E-state index is 11.9. The van der Waals surface area contributed by atoms with E-state index >= 15 is 0 Å². The van der Waals surface area contributed by atoms with Crippen molar-refractivity contribution < 1.29 is 14.7 Å². The van der Waals surface area contributed by atoms with Gasteiger partial charge in [0.1, 0.15) is 5.54 Å². The summed E-state index contributed by atoms with van der Waals surface area (Å²) in [4.78, 5) is 23.2. The van der Waals surface area contributed by atoms with Crippen LogP contribution in [0.25, 0.3) is 0 Å². The molecular weight excluding hydrogens is 220 g/mol. The number of aliphatic carboxylic acids is 1. The predicted molar refractivity (Wildman–Crippen MR) is 64.3 cm³/mol. The highest BCUT2D eigenvalue weighted by Crippen LogP contribution is 2.39. The van der Waals surface area contributed by atoms with Crippen LogP contribution >= 0.6 is 0 Å². The molecule has 1 aliphatic carbocycles. The van der Waals surface area contributed by atoms with Gasteiger partial charge in [-0.05, 0) is 31.1 Å². The average Bonchev–Trinajstić information content (AvgIpc) is 2.97. The molecule has 0 heterocycles. The van der Waals surface area contributed by atoms with Gasteiger partial charge in [0.25, 0.3) is 0 Å². The van der Waals surface area contributed by atoms with Gasteiger partial charge in [0.2, 0.25) is 5.91 Å². The molecule has 1 rings (SSSR count). The first-order chi connectivity index (χ1) is 7.59. The van der Waals surface area contributed by atoms with Gasteiger partial charge in [-0.1, -0.05) is 20.8 Å². The fraction of sp³-hybridized carbons (Fsp3) is 0.833. The Balaban J connectivity index is 2.75. The zero-order valence-electron chi connectivity index (χ0n) is 10.9. The van der Waals surface area contributed by atoms with Gasteiger partial charge in [-0.15, -0.1) is 0 Å². The van der Waals surface area contributed by atoms with Gasteiger partial charge in [-0.25, -0.2) is 4.79 Å². The fourth-order valence-electron chi connectivity index (χ4n) is 1.72. The molecule has 4 N–H and O–H groups in total. The molecule has 2 atom stereocenters. The minimum atomic E-state index is -1.18. The van der Waals surface area contributed by atoms with Crippen molar-refractivity contribution in [2.75, 3.05) is 0 Å². The fourth-order valence-corrected chi connectivity index (χ4v) is 1.72. The molecule has 98 valence electrons. The van der Waals surface area contributed by atoms with Crippen molar-refractivity contribution in [3.63, 3.8) is 0 Å². The molecule has 17 heavy (non-hydrogen) atoms. The molecule has 5 nitrogen and oxygen atoms in total. The summed E-state index contributed by atoms with van der Waals surface area (Å²) < 4.78 is 0. The van der Waals surface area contributed by atoms with Crippen molar-refractivity contribution in [1.82, 2.24) is 5.32 Å². The summed E-state index contributed by atoms with van der Waals surface area (Å²) in [7, 11) is 0. The number of carbonyl (C=O) groups is 2. The van der Waals surface area contributed by atoms with Crippen molar-refractivity contribution in [3.05, 3.63) is 0 Å². The second-order valence-electron chi connectivity index (χ2n) is 6.11. The third-order valence-corrected chi connectivity index (χ3v) is 3.44. The van der Waals surface area contributed by atoms with Gasteiger partial charge in [-0.2, -0.15) is 0 Å². The first-order valence-electron chi connectivity index (χ1n) is 5.90. The lowest BCUT2D eigenvalue weighted by Crippen LogP contribution is -2.60. The Bertz CT molecular complexity index is 331. The Hall–Kier alpha value is -1.10. The third-order valence-electron chi connectivity index (χ3n) is 3.44. The van der Waals surface area contributed by atoms with Gasteiger partial charge in [0.15, 0.2) is 0 Å². The highest BCUT2D eigenvalue weighted by atomic mass is 16.4. The summed E-state index contributed by atoms with van der Waals surface area (Å²) in [5.41, 5.74) is 4.25. The van der Waals surface area contributed by atoms with Crippen LogP contribution in [0.5, 0.6) is 0 Å². The lowest BCUT2D eigenvalue weighted by atomic mass is 9.85. The molecule has 5 heteroatoms. The second-order valence-corrected chi connectivity index (χ2v) is 6.11. The maximum atomic E-state index is 11.9. The molecule has 0 spiro atoms. The van der Waals surface area contributed by atoms with Crippen LogP contribution in [0.3, 0.4) is 0 Å². The number of carboxylic acid groups (broad SMARTS) is 1. The summed E-state index contributed by atoms with van der Waals surface area (Å²) in [6.45, 7) is 7.12. The number of hydrogen-bond acceptors (Lipinski definition) is 3. The van der Waals surface area contributed by atoms with Crippen LogP contribution in [-0.2, 0) is 9.59 Å². The van der Waals surface area contributed by atoms with Crippen LogP contribution < -0.4 is 11.1 Å². The summed E-state index contributed by atoms with van der Waals surface area (Å²) in [5.74, 6) is -1.36. The normalized spacial score (nSPS) is 21.5. The quantitative estimate of drug-likeness (QED) is 0.677. The molecule has 1 amide bonds. The largest absolute Gasteiger partial charge is 0.480 e. The van der Waals surface area contributed by atoms with Gasteiger partial charge >= 0.3 is 5.97 Å². The third kappa shape index (κ3) is 2.97. The summed E-state index contributed by atoms with van der Waals surface area (Å²) in [5, 5.41) is 11.8. The molecule has 0 aromatic heterocycles. The molecule has 0 aliphatic heterocycles. The lowest BCUT2D eigenvalue weighted by molar-refractivity contribution is -0.148. The van der Waals surface area contributed by atoms with Gasteiger partial charge < -0.3 is 16.2 Å². The first-order valence-corrected chi connectivity index (χ1v) is 5.90. The molecular formula is C12H22N2O3. The van der Waals surface area contributed by atoms with Crippen LogP contribution in [0.4, 0.5) is 0 Å². The molecule has 1 saturated carbocycles. The van der Waals surface area contributed by atoms with E-state index in [2.05, 4.69) is 5.32 Å². The predicted octanol–water partition coefficient (Wildman–Crippen LogP) is 0.729. The summed E-state index contributed by atoms with van der Waals surface area (Å²) in [6.07, 6.45) is 1.68. The smallest absolute Gasteiger partial charge is 0.329 e. The van der Waals surface area contributed by atoms with E-state index in [-0.39, 0.29) is 11.3 Å². The second kappa shape index (κ2) is 4.29. The standard InChI is InChI=1S/C12H22N2O3/c1-11(2,3)8(13)9(15)14-12(4,10(16)17)7-5-6-7/h7-8H,5-6,13H2,1-4H3,(H,14,15)(H,16,17). The van der Waals surface area contributed by atoms with E-state index in [1.807, 2.05) is 20.8 Å². The zero-order chi connectivity index (χ0) is 13.4. The van der Waals surface area contributed by atoms with Crippen molar-refractivity contribution in [2.24, 2.45) is 17.1 Å². The average molecular weight is 242 g/mol. The van der Waals surface area contributed by atoms with E-state index in [0.717, 1.165) is 12.8 Å². The molecule has 0 aromatic rings. The Morgan fingerprint density at radius 1 is 1.29 bits per heavy atom. The highest BCUT2D eigenvalue weighted by Gasteiger charge is 2.49. The molecule has 0 aromatic carbocycles. The molecule has 0 bridgehead atoms. The van der Waals surface area contributed by atoms with E-state index in [1.54, 1.807) is 6.92 Å². The summed E-state index contributed by atoms with van der Waals surface area (Å²) >= 11 is 0. The van der Waals surface area contributed by atoms with Crippen molar-refractivity contribution in [1.29, 1.82) is 0 Å². The molecule has 2 unspecified atom stereocenters. The molecule has 0 saturated heterocycles. The van der Waals surface area contributed by atoms with Gasteiger partial charge in [0, 0.05) is 0 Å². The lowest BCUT2D eigenvalue weighted by Gasteiger charge is -2.32. The van der Waals surface area contributed by atoms with Crippen LogP contribution in [-0.4, -0.2) is 28.6 Å². The topological polar surface area (TPSA) is 92.4 Å². The van der Waals surface area contributed by atoms with Crippen LogP contribution in [0.15, 0.2) is 0 Å². The minimum absolute atomic E-state index is 0.0242. The number of hydrogen-bond donors (Lipinski definition) is 3. The van der Waals surface area contributed by atoms with E-state index in [1.165, 1.54) is 0 Å². The zero-order valence-corrected chi connectivity index (χ0v) is 10.9. The molecule has 1 aliphatic rings. The Labute approximate surface area is 102 Å². The number of amides is 1. The SMILES string of the molecule is CC(C)(C)C(N)C(=O)NC(C)(C(=O)O)C1CC1. The number of rotatable bonds is 4. The summed E-state index contributed by atoms with van der Waals surface area (Å²) in [6, 6.07) is -0.708. The van der Waals surface area contributed by atoms with E-state index < -0.39 is 23.5 Å². The van der Waals surface area contributed by atoms with Gasteiger partial charge in [-0.3, -0.25) is 4.79 Å². The maximum Gasteiger partial charge on any atom is 0.329 e. The highest BCUT2D eigenvalue weighted by molar-refractivity contribution is 5.90. The van der Waals surface area contributed by atoms with E-state index in [9.17, 15) is 14.7 Å². The van der Waals surface area contributed by atoms with Crippen molar-refractivity contribution >= 4 is 11.9 Å². The Morgan fingerprint density at radius 3 is 2.06 bits per heavy atom. The number of nitrogens with one attached hydrogen (secondary N) is 1. The minimum Gasteiger partial charge on any atom is -0.480 e. The molecule has 0 radical (unpaired) electrons.